The first-order chi connectivity index (χ1) is 14.6. The first-order valence-corrected chi connectivity index (χ1v) is 9.17. The molecule has 0 bridgehead atoms. The van der Waals surface area contributed by atoms with Crippen molar-refractivity contribution in [3.8, 4) is 22.9 Å². The Morgan fingerprint density at radius 1 is 1.00 bits per heavy atom. The normalized spacial score (nSPS) is 10.9. The van der Waals surface area contributed by atoms with Gasteiger partial charge in [-0.05, 0) is 42.0 Å². The number of methoxy groups -OCH3 is 1. The van der Waals surface area contributed by atoms with Crippen LogP contribution in [0.4, 0.5) is 14.6 Å². The van der Waals surface area contributed by atoms with Gasteiger partial charge in [-0.1, -0.05) is 18.2 Å². The molecule has 0 aliphatic heterocycles. The fourth-order valence-electron chi connectivity index (χ4n) is 3.04. The smallest absolute Gasteiger partial charge is 0.387 e. The molecule has 0 unspecified atom stereocenters. The van der Waals surface area contributed by atoms with Gasteiger partial charge in [-0.25, -0.2) is 9.97 Å². The summed E-state index contributed by atoms with van der Waals surface area (Å²) in [6.07, 6.45) is 3.40. The van der Waals surface area contributed by atoms with Crippen molar-refractivity contribution in [2.45, 2.75) is 13.2 Å². The van der Waals surface area contributed by atoms with Crippen LogP contribution in [-0.4, -0.2) is 28.7 Å². The summed E-state index contributed by atoms with van der Waals surface area (Å²) in [5.41, 5.74) is 2.42. The van der Waals surface area contributed by atoms with Crippen LogP contribution in [0.2, 0.25) is 0 Å². The van der Waals surface area contributed by atoms with E-state index in [9.17, 15) is 8.78 Å². The van der Waals surface area contributed by atoms with Gasteiger partial charge in [0, 0.05) is 29.9 Å². The molecule has 4 aromatic rings. The van der Waals surface area contributed by atoms with Crippen LogP contribution >= 0.6 is 0 Å². The van der Waals surface area contributed by atoms with E-state index < -0.39 is 6.61 Å². The number of hydrogen-bond acceptors (Lipinski definition) is 6. The van der Waals surface area contributed by atoms with Gasteiger partial charge < -0.3 is 14.8 Å². The van der Waals surface area contributed by atoms with Crippen LogP contribution in [-0.2, 0) is 6.54 Å². The first kappa shape index (κ1) is 19.5. The molecular weight excluding hydrogens is 390 g/mol. The van der Waals surface area contributed by atoms with Gasteiger partial charge in [0.25, 0.3) is 0 Å². The van der Waals surface area contributed by atoms with Crippen molar-refractivity contribution in [2.24, 2.45) is 0 Å². The molecule has 2 heterocycles. The molecule has 4 rings (SSSR count). The van der Waals surface area contributed by atoms with E-state index in [1.54, 1.807) is 24.5 Å². The molecule has 0 atom stereocenters. The molecule has 0 saturated carbocycles. The Kier molecular flexibility index (Phi) is 5.65. The lowest BCUT2D eigenvalue weighted by Gasteiger charge is -2.13. The molecule has 8 heteroatoms. The lowest BCUT2D eigenvalue weighted by Crippen LogP contribution is -2.06. The number of hydrogen-bond donors (Lipinski definition) is 1. The van der Waals surface area contributed by atoms with Crippen LogP contribution in [0.3, 0.4) is 0 Å². The van der Waals surface area contributed by atoms with Crippen molar-refractivity contribution in [3.63, 3.8) is 0 Å². The average molecular weight is 408 g/mol. The minimum Gasteiger partial charge on any atom is -0.493 e. The summed E-state index contributed by atoms with van der Waals surface area (Å²) in [7, 11) is 1.41. The van der Waals surface area contributed by atoms with E-state index in [-0.39, 0.29) is 11.5 Å². The van der Waals surface area contributed by atoms with Crippen LogP contribution in [0, 0.1) is 0 Å². The lowest BCUT2D eigenvalue weighted by molar-refractivity contribution is -0.0512. The van der Waals surface area contributed by atoms with Gasteiger partial charge in [0.2, 0.25) is 0 Å². The summed E-state index contributed by atoms with van der Waals surface area (Å²) >= 11 is 0. The maximum Gasteiger partial charge on any atom is 0.387 e. The fourth-order valence-corrected chi connectivity index (χ4v) is 3.04. The number of benzene rings is 2. The third-order valence-corrected chi connectivity index (χ3v) is 4.43. The van der Waals surface area contributed by atoms with Crippen LogP contribution < -0.4 is 14.8 Å². The van der Waals surface area contributed by atoms with E-state index in [0.29, 0.717) is 18.2 Å². The SMILES string of the molecule is COc1cc(CNc2nc(-c3cccnc3)nc3ccccc23)ccc1OC(F)F. The average Bonchev–Trinajstić information content (AvgIpc) is 2.78. The topological polar surface area (TPSA) is 69.2 Å². The zero-order valence-corrected chi connectivity index (χ0v) is 16.0. The van der Waals surface area contributed by atoms with Crippen LogP contribution in [0.1, 0.15) is 5.56 Å². The summed E-state index contributed by atoms with van der Waals surface area (Å²) in [6.45, 7) is -2.51. The van der Waals surface area contributed by atoms with Gasteiger partial charge in [-0.15, -0.1) is 0 Å². The van der Waals surface area contributed by atoms with E-state index in [2.05, 4.69) is 25.0 Å². The third-order valence-electron chi connectivity index (χ3n) is 4.43. The monoisotopic (exact) mass is 408 g/mol. The molecule has 2 aromatic carbocycles. The molecule has 0 radical (unpaired) electrons. The highest BCUT2D eigenvalue weighted by atomic mass is 19.3. The zero-order valence-electron chi connectivity index (χ0n) is 16.0. The molecule has 0 saturated heterocycles. The predicted octanol–water partition coefficient (Wildman–Crippen LogP) is 4.91. The standard InChI is InChI=1S/C22H18F2N4O2/c1-29-19-11-14(8-9-18(19)30-22(23)24)12-26-21-16-6-2-3-7-17(16)27-20(28-21)15-5-4-10-25-13-15/h2-11,13,22H,12H2,1H3,(H,26,27,28). The Morgan fingerprint density at radius 2 is 1.87 bits per heavy atom. The van der Waals surface area contributed by atoms with Crippen LogP contribution in [0.5, 0.6) is 11.5 Å². The number of pyridine rings is 1. The molecule has 0 aliphatic rings. The van der Waals surface area contributed by atoms with Crippen molar-refractivity contribution in [1.29, 1.82) is 0 Å². The highest BCUT2D eigenvalue weighted by molar-refractivity contribution is 5.90. The van der Waals surface area contributed by atoms with E-state index >= 15 is 0 Å². The number of anilines is 1. The molecule has 0 amide bonds. The van der Waals surface area contributed by atoms with Crippen LogP contribution in [0.25, 0.3) is 22.3 Å². The van der Waals surface area contributed by atoms with Gasteiger partial charge in [-0.3, -0.25) is 4.98 Å². The van der Waals surface area contributed by atoms with Crippen molar-refractivity contribution >= 4 is 16.7 Å². The summed E-state index contributed by atoms with van der Waals surface area (Å²) in [5.74, 6) is 1.44. The Labute approximate surface area is 171 Å². The number of aromatic nitrogens is 3. The summed E-state index contributed by atoms with van der Waals surface area (Å²) in [5, 5.41) is 4.18. The van der Waals surface area contributed by atoms with E-state index in [1.807, 2.05) is 36.4 Å². The van der Waals surface area contributed by atoms with Crippen LogP contribution in [0.15, 0.2) is 67.0 Å². The maximum absolute atomic E-state index is 12.5. The second kappa shape index (κ2) is 8.69. The molecule has 0 aliphatic carbocycles. The van der Waals surface area contributed by atoms with Gasteiger partial charge in [0.15, 0.2) is 17.3 Å². The molecule has 0 spiro atoms. The van der Waals surface area contributed by atoms with Gasteiger partial charge >= 0.3 is 6.61 Å². The molecule has 0 fully saturated rings. The van der Waals surface area contributed by atoms with E-state index in [1.165, 1.54) is 13.2 Å². The largest absolute Gasteiger partial charge is 0.493 e. The van der Waals surface area contributed by atoms with Gasteiger partial charge in [0.1, 0.15) is 5.82 Å². The Morgan fingerprint density at radius 3 is 2.63 bits per heavy atom. The molecule has 30 heavy (non-hydrogen) atoms. The number of nitrogens with zero attached hydrogens (tertiary/aromatic N) is 3. The number of nitrogens with one attached hydrogen (secondary N) is 1. The molecule has 2 aromatic heterocycles. The number of para-hydroxylation sites is 1. The highest BCUT2D eigenvalue weighted by Gasteiger charge is 2.12. The summed E-state index contributed by atoms with van der Waals surface area (Å²) in [6, 6.07) is 16.2. The Bertz CT molecular complexity index is 1160. The summed E-state index contributed by atoms with van der Waals surface area (Å²) in [4.78, 5) is 13.4. The highest BCUT2D eigenvalue weighted by Crippen LogP contribution is 2.30. The van der Waals surface area contributed by atoms with Crippen molar-refractivity contribution < 1.29 is 18.3 Å². The Hall–Kier alpha value is -3.81. The number of ether oxygens (including phenoxy) is 2. The maximum atomic E-state index is 12.5. The fraction of sp³-hybridized carbons (Fsp3) is 0.136. The summed E-state index contributed by atoms with van der Waals surface area (Å²) < 4.78 is 34.7. The van der Waals surface area contributed by atoms with Gasteiger partial charge in [0.05, 0.1) is 12.6 Å². The van der Waals surface area contributed by atoms with Crippen molar-refractivity contribution in [2.75, 3.05) is 12.4 Å². The molecular formula is C22H18F2N4O2. The minimum atomic E-state index is -2.92. The number of alkyl halides is 2. The van der Waals surface area contributed by atoms with Crippen molar-refractivity contribution in [3.05, 3.63) is 72.6 Å². The van der Waals surface area contributed by atoms with Crippen molar-refractivity contribution in [1.82, 2.24) is 15.0 Å². The van der Waals surface area contributed by atoms with Gasteiger partial charge in [-0.2, -0.15) is 8.78 Å². The zero-order chi connectivity index (χ0) is 20.9. The molecule has 1 N–H and O–H groups in total. The first-order valence-electron chi connectivity index (χ1n) is 9.17. The minimum absolute atomic E-state index is 0.0115. The molecule has 152 valence electrons. The number of fused-ring (bicyclic) bond motifs is 1. The quantitative estimate of drug-likeness (QED) is 0.468. The molecule has 6 nitrogen and oxygen atoms in total. The second-order valence-corrected chi connectivity index (χ2v) is 6.37. The third kappa shape index (κ3) is 4.27. The number of halogens is 2. The second-order valence-electron chi connectivity index (χ2n) is 6.37. The number of rotatable bonds is 7. The predicted molar refractivity (Wildman–Crippen MR) is 110 cm³/mol. The lowest BCUT2D eigenvalue weighted by atomic mass is 10.2. The van der Waals surface area contributed by atoms with E-state index in [4.69, 9.17) is 4.74 Å². The van der Waals surface area contributed by atoms with E-state index in [0.717, 1.165) is 22.0 Å². The Balaban J connectivity index is 1.64.